The van der Waals surface area contributed by atoms with Gasteiger partial charge in [-0.2, -0.15) is 0 Å². The number of carbonyl (C=O) groups excluding carboxylic acids is 1. The summed E-state index contributed by atoms with van der Waals surface area (Å²) in [6.07, 6.45) is 1.89. The van der Waals surface area contributed by atoms with E-state index in [-0.39, 0.29) is 11.5 Å². The van der Waals surface area contributed by atoms with Gasteiger partial charge in [-0.05, 0) is 74.4 Å². The molecule has 0 radical (unpaired) electrons. The normalized spacial score (nSPS) is 14.9. The number of hydrogen-bond acceptors (Lipinski definition) is 6. The van der Waals surface area contributed by atoms with Crippen LogP contribution in [0.15, 0.2) is 99.9 Å². The second kappa shape index (κ2) is 11.8. The third kappa shape index (κ3) is 5.35. The smallest absolute Gasteiger partial charge is 0.271 e. The zero-order valence-corrected chi connectivity index (χ0v) is 23.9. The fourth-order valence-electron chi connectivity index (χ4n) is 4.98. The van der Waals surface area contributed by atoms with Gasteiger partial charge in [-0.15, -0.1) is 0 Å². The van der Waals surface area contributed by atoms with Crippen molar-refractivity contribution in [2.45, 2.75) is 26.8 Å². The molecule has 0 spiro atoms. The predicted molar refractivity (Wildman–Crippen MR) is 162 cm³/mol. The number of thiazole rings is 1. The molecule has 3 aromatic carbocycles. The van der Waals surface area contributed by atoms with E-state index in [4.69, 9.17) is 9.73 Å². The highest BCUT2D eigenvalue weighted by atomic mass is 32.1. The van der Waals surface area contributed by atoms with E-state index in [9.17, 15) is 9.59 Å². The van der Waals surface area contributed by atoms with Gasteiger partial charge in [0, 0.05) is 24.5 Å². The van der Waals surface area contributed by atoms with E-state index in [0.717, 1.165) is 29.9 Å². The summed E-state index contributed by atoms with van der Waals surface area (Å²) < 4.78 is 7.66. The molecule has 4 aromatic rings. The maximum Gasteiger partial charge on any atom is 0.271 e. The summed E-state index contributed by atoms with van der Waals surface area (Å²) in [6.45, 7) is 7.94. The number of allylic oxidation sites excluding steroid dienone is 1. The highest BCUT2D eigenvalue weighted by molar-refractivity contribution is 7.07. The number of benzene rings is 3. The molecule has 1 N–H and O–H groups in total. The van der Waals surface area contributed by atoms with Crippen molar-refractivity contribution in [3.63, 3.8) is 0 Å². The third-order valence-corrected chi connectivity index (χ3v) is 8.01. The van der Waals surface area contributed by atoms with E-state index in [0.29, 0.717) is 32.0 Å². The van der Waals surface area contributed by atoms with Crippen LogP contribution in [0.2, 0.25) is 0 Å². The Hall–Kier alpha value is -4.43. The lowest BCUT2D eigenvalue weighted by molar-refractivity contribution is -0.113. The number of aromatic nitrogens is 1. The van der Waals surface area contributed by atoms with Crippen molar-refractivity contribution in [2.24, 2.45) is 4.99 Å². The van der Waals surface area contributed by atoms with Crippen LogP contribution in [-0.2, 0) is 4.79 Å². The van der Waals surface area contributed by atoms with E-state index >= 15 is 0 Å². The van der Waals surface area contributed by atoms with Crippen molar-refractivity contribution in [1.29, 1.82) is 0 Å². The molecular formula is C32H32N4O3S. The SMILES string of the molecule is CCN(CC)c1ccc(/C=c2\sc3n(c2=O)[C@@H](c2cccc(OC)c2)C(C(=O)Nc2ccccc2)=C(C)N=3)cc1. The van der Waals surface area contributed by atoms with Gasteiger partial charge in [0.1, 0.15) is 5.75 Å². The molecule has 2 heterocycles. The zero-order valence-electron chi connectivity index (χ0n) is 23.0. The lowest BCUT2D eigenvalue weighted by Crippen LogP contribution is -2.40. The fourth-order valence-corrected chi connectivity index (χ4v) is 6.03. The van der Waals surface area contributed by atoms with E-state index in [1.54, 1.807) is 11.7 Å². The molecule has 1 aromatic heterocycles. The number of ether oxygens (including phenoxy) is 1. The molecule has 1 aliphatic rings. The van der Waals surface area contributed by atoms with Crippen molar-refractivity contribution < 1.29 is 9.53 Å². The van der Waals surface area contributed by atoms with Crippen LogP contribution in [0.25, 0.3) is 6.08 Å². The number of amides is 1. The number of hydrogen-bond donors (Lipinski definition) is 1. The van der Waals surface area contributed by atoms with Gasteiger partial charge in [0.15, 0.2) is 4.80 Å². The van der Waals surface area contributed by atoms with Crippen molar-refractivity contribution in [1.82, 2.24) is 4.57 Å². The van der Waals surface area contributed by atoms with Gasteiger partial charge < -0.3 is 15.0 Å². The number of nitrogens with one attached hydrogen (secondary N) is 1. The molecule has 204 valence electrons. The van der Waals surface area contributed by atoms with Gasteiger partial charge in [-0.1, -0.05) is 53.8 Å². The predicted octanol–water partition coefficient (Wildman–Crippen LogP) is 4.73. The molecular weight excluding hydrogens is 520 g/mol. The minimum Gasteiger partial charge on any atom is -0.497 e. The van der Waals surface area contributed by atoms with Crippen LogP contribution in [0.4, 0.5) is 11.4 Å². The van der Waals surface area contributed by atoms with Gasteiger partial charge in [0.25, 0.3) is 11.5 Å². The first-order valence-electron chi connectivity index (χ1n) is 13.3. The average molecular weight is 553 g/mol. The highest BCUT2D eigenvalue weighted by Gasteiger charge is 2.32. The Morgan fingerprint density at radius 1 is 1.05 bits per heavy atom. The van der Waals surface area contributed by atoms with Crippen LogP contribution in [0.1, 0.15) is 37.9 Å². The standard InChI is InChI=1S/C32H32N4O3S/c1-5-35(6-2)25-17-15-22(16-18-25)19-27-31(38)36-29(23-11-10-14-26(20-23)39-4)28(21(3)33-32(36)40-27)30(37)34-24-12-8-7-9-13-24/h7-20,29H,5-6H2,1-4H3,(H,34,37)/b27-19-/t29-/m0/s1. The Labute approximate surface area is 237 Å². The Bertz CT molecular complexity index is 1730. The quantitative estimate of drug-likeness (QED) is 0.343. The number of carbonyl (C=O) groups is 1. The van der Waals surface area contributed by atoms with Crippen LogP contribution in [0, 0.1) is 0 Å². The number of anilines is 2. The summed E-state index contributed by atoms with van der Waals surface area (Å²) in [7, 11) is 1.60. The first-order valence-corrected chi connectivity index (χ1v) is 14.1. The Morgan fingerprint density at radius 2 is 1.77 bits per heavy atom. The first kappa shape index (κ1) is 27.1. The molecule has 1 atom stereocenters. The second-order valence-corrected chi connectivity index (χ2v) is 10.5. The number of methoxy groups -OCH3 is 1. The molecule has 0 unspecified atom stereocenters. The zero-order chi connectivity index (χ0) is 28.2. The maximum atomic E-state index is 13.9. The molecule has 5 rings (SSSR count). The fraction of sp³-hybridized carbons (Fsp3) is 0.219. The van der Waals surface area contributed by atoms with E-state index in [1.807, 2.05) is 79.7 Å². The van der Waals surface area contributed by atoms with E-state index in [2.05, 4.69) is 36.2 Å². The van der Waals surface area contributed by atoms with Crippen molar-refractivity contribution in [3.05, 3.63) is 121 Å². The van der Waals surface area contributed by atoms with Crippen LogP contribution < -0.4 is 29.8 Å². The lowest BCUT2D eigenvalue weighted by atomic mass is 9.95. The van der Waals surface area contributed by atoms with Crippen LogP contribution in [-0.4, -0.2) is 30.7 Å². The summed E-state index contributed by atoms with van der Waals surface area (Å²) in [5, 5.41) is 2.98. The number of fused-ring (bicyclic) bond motifs is 1. The molecule has 8 heteroatoms. The van der Waals surface area contributed by atoms with Crippen LogP contribution in [0.3, 0.4) is 0 Å². The third-order valence-electron chi connectivity index (χ3n) is 7.03. The molecule has 0 saturated heterocycles. The lowest BCUT2D eigenvalue weighted by Gasteiger charge is -2.25. The van der Waals surface area contributed by atoms with Crippen molar-refractivity contribution in [2.75, 3.05) is 30.4 Å². The largest absolute Gasteiger partial charge is 0.497 e. The first-order chi connectivity index (χ1) is 19.4. The van der Waals surface area contributed by atoms with E-state index < -0.39 is 6.04 Å². The topological polar surface area (TPSA) is 75.9 Å². The maximum absolute atomic E-state index is 13.9. The minimum atomic E-state index is -0.665. The van der Waals surface area contributed by atoms with E-state index in [1.165, 1.54) is 11.3 Å². The molecule has 0 aliphatic carbocycles. The summed E-state index contributed by atoms with van der Waals surface area (Å²) >= 11 is 1.33. The molecule has 7 nitrogen and oxygen atoms in total. The summed E-state index contributed by atoms with van der Waals surface area (Å²) in [5.74, 6) is 0.340. The molecule has 0 saturated carbocycles. The molecule has 0 bridgehead atoms. The summed E-state index contributed by atoms with van der Waals surface area (Å²) in [6, 6.07) is 24.3. The second-order valence-electron chi connectivity index (χ2n) is 9.44. The van der Waals surface area contributed by atoms with Crippen molar-refractivity contribution >= 4 is 34.7 Å². The molecule has 0 fully saturated rings. The molecule has 40 heavy (non-hydrogen) atoms. The summed E-state index contributed by atoms with van der Waals surface area (Å²) in [4.78, 5) is 35.2. The number of para-hydroxylation sites is 1. The Balaban J connectivity index is 1.62. The van der Waals surface area contributed by atoms with Crippen LogP contribution in [0.5, 0.6) is 5.75 Å². The number of rotatable bonds is 8. The Morgan fingerprint density at radius 3 is 2.45 bits per heavy atom. The molecule has 1 amide bonds. The van der Waals surface area contributed by atoms with Gasteiger partial charge in [-0.25, -0.2) is 4.99 Å². The van der Waals surface area contributed by atoms with Crippen molar-refractivity contribution in [3.8, 4) is 5.75 Å². The molecule has 1 aliphatic heterocycles. The summed E-state index contributed by atoms with van der Waals surface area (Å²) in [5.41, 5.74) is 4.30. The van der Waals surface area contributed by atoms with Gasteiger partial charge in [-0.3, -0.25) is 14.2 Å². The number of nitrogens with zero attached hydrogens (tertiary/aromatic N) is 3. The average Bonchev–Trinajstić information content (AvgIpc) is 3.28. The monoisotopic (exact) mass is 552 g/mol. The van der Waals surface area contributed by atoms with Crippen LogP contribution >= 0.6 is 11.3 Å². The Kier molecular flexibility index (Phi) is 7.98. The minimum absolute atomic E-state index is 0.193. The van der Waals surface area contributed by atoms with Gasteiger partial charge in [0.05, 0.1) is 29.0 Å². The van der Waals surface area contributed by atoms with Gasteiger partial charge in [0.2, 0.25) is 0 Å². The van der Waals surface area contributed by atoms with Gasteiger partial charge >= 0.3 is 0 Å². The highest BCUT2D eigenvalue weighted by Crippen LogP contribution is 2.32.